The lowest BCUT2D eigenvalue weighted by Gasteiger charge is -2.09. The lowest BCUT2D eigenvalue weighted by molar-refractivity contribution is -0.136. The summed E-state index contributed by atoms with van der Waals surface area (Å²) in [5.74, 6) is -0.761. The minimum atomic E-state index is -0.761. The van der Waals surface area contributed by atoms with Gasteiger partial charge in [0.2, 0.25) is 0 Å². The summed E-state index contributed by atoms with van der Waals surface area (Å²) in [6.45, 7) is 12.7. The second kappa shape index (κ2) is 8.45. The van der Waals surface area contributed by atoms with Gasteiger partial charge in [-0.05, 0) is 44.4 Å². The van der Waals surface area contributed by atoms with Crippen LogP contribution in [0, 0.1) is 0 Å². The largest absolute Gasteiger partial charge is 0.278 e. The standard InChI is InChI=1S/C15H22FNO/c1-6-8-9-14(12(3)4)11-10-13(5)17(16)15(18)7-2/h7,10-11H,2-3,6,8-9H2,1,4-5H3/b13-10+,14-11-. The van der Waals surface area contributed by atoms with Crippen LogP contribution in [0.25, 0.3) is 0 Å². The van der Waals surface area contributed by atoms with E-state index in [1.54, 1.807) is 6.08 Å². The van der Waals surface area contributed by atoms with Crippen LogP contribution in [0.2, 0.25) is 0 Å². The van der Waals surface area contributed by atoms with Gasteiger partial charge < -0.3 is 0 Å². The lowest BCUT2D eigenvalue weighted by Crippen LogP contribution is -2.17. The maximum atomic E-state index is 13.4. The zero-order valence-electron chi connectivity index (χ0n) is 11.5. The monoisotopic (exact) mass is 251 g/mol. The Labute approximate surface area is 109 Å². The van der Waals surface area contributed by atoms with Crippen LogP contribution in [-0.2, 0) is 4.79 Å². The normalized spacial score (nSPS) is 12.2. The molecule has 1 amide bonds. The van der Waals surface area contributed by atoms with Crippen molar-refractivity contribution in [2.45, 2.75) is 40.0 Å². The van der Waals surface area contributed by atoms with Gasteiger partial charge in [-0.15, -0.1) is 5.12 Å². The third-order valence-corrected chi connectivity index (χ3v) is 2.55. The molecule has 0 bridgehead atoms. The topological polar surface area (TPSA) is 20.3 Å². The van der Waals surface area contributed by atoms with Crippen molar-refractivity contribution in [3.8, 4) is 0 Å². The number of carbonyl (C=O) groups is 1. The molecule has 0 fully saturated rings. The van der Waals surface area contributed by atoms with Crippen LogP contribution in [0.1, 0.15) is 40.0 Å². The molecule has 0 heterocycles. The molecule has 0 aliphatic rings. The van der Waals surface area contributed by atoms with Crippen LogP contribution in [0.3, 0.4) is 0 Å². The quantitative estimate of drug-likeness (QED) is 0.371. The minimum absolute atomic E-state index is 0.0827. The zero-order valence-corrected chi connectivity index (χ0v) is 11.5. The van der Waals surface area contributed by atoms with E-state index in [0.717, 1.165) is 36.5 Å². The van der Waals surface area contributed by atoms with Crippen LogP contribution in [0.5, 0.6) is 0 Å². The molecule has 0 spiro atoms. The Hall–Kier alpha value is -1.64. The summed E-state index contributed by atoms with van der Waals surface area (Å²) in [5.41, 5.74) is 2.28. The van der Waals surface area contributed by atoms with Crippen LogP contribution in [-0.4, -0.2) is 11.0 Å². The molecule has 2 nitrogen and oxygen atoms in total. The van der Waals surface area contributed by atoms with E-state index in [0.29, 0.717) is 0 Å². The third-order valence-electron chi connectivity index (χ3n) is 2.55. The number of nitrogens with zero attached hydrogens (tertiary/aromatic N) is 1. The fraction of sp³-hybridized carbons (Fsp3) is 0.400. The van der Waals surface area contributed by atoms with Gasteiger partial charge in [-0.2, -0.15) is 0 Å². The predicted molar refractivity (Wildman–Crippen MR) is 74.3 cm³/mol. The van der Waals surface area contributed by atoms with E-state index in [-0.39, 0.29) is 10.8 Å². The Morgan fingerprint density at radius 1 is 1.33 bits per heavy atom. The maximum absolute atomic E-state index is 13.4. The molecule has 0 aromatic heterocycles. The number of allylic oxidation sites excluding steroid dienone is 5. The molecule has 0 aromatic rings. The van der Waals surface area contributed by atoms with Crippen molar-refractivity contribution in [2.75, 3.05) is 0 Å². The molecule has 0 rings (SSSR count). The number of unbranched alkanes of at least 4 members (excludes halogenated alkanes) is 1. The van der Waals surface area contributed by atoms with Gasteiger partial charge in [-0.25, -0.2) is 0 Å². The first-order chi connectivity index (χ1) is 8.43. The fourth-order valence-corrected chi connectivity index (χ4v) is 1.35. The van der Waals surface area contributed by atoms with E-state index >= 15 is 0 Å². The van der Waals surface area contributed by atoms with Crippen molar-refractivity contribution in [1.82, 2.24) is 5.12 Å². The second-order valence-electron chi connectivity index (χ2n) is 4.21. The molecular weight excluding hydrogens is 229 g/mol. The zero-order chi connectivity index (χ0) is 14.1. The summed E-state index contributed by atoms with van der Waals surface area (Å²) in [6, 6.07) is 0. The highest BCUT2D eigenvalue weighted by molar-refractivity contribution is 5.87. The predicted octanol–water partition coefficient (Wildman–Crippen LogP) is 4.48. The van der Waals surface area contributed by atoms with Gasteiger partial charge in [0.25, 0.3) is 5.91 Å². The summed E-state index contributed by atoms with van der Waals surface area (Å²) in [5, 5.41) is 0.0827. The molecule has 0 aliphatic heterocycles. The Morgan fingerprint density at radius 2 is 1.94 bits per heavy atom. The highest BCUT2D eigenvalue weighted by Crippen LogP contribution is 2.16. The fourth-order valence-electron chi connectivity index (χ4n) is 1.35. The number of hydrogen-bond donors (Lipinski definition) is 0. The molecule has 0 aromatic carbocycles. The van der Waals surface area contributed by atoms with Gasteiger partial charge in [0.1, 0.15) is 0 Å². The van der Waals surface area contributed by atoms with Crippen molar-refractivity contribution in [2.24, 2.45) is 0 Å². The molecule has 100 valence electrons. The van der Waals surface area contributed by atoms with E-state index < -0.39 is 5.91 Å². The highest BCUT2D eigenvalue weighted by Gasteiger charge is 2.09. The summed E-state index contributed by atoms with van der Waals surface area (Å²) < 4.78 is 13.4. The molecule has 18 heavy (non-hydrogen) atoms. The molecule has 0 N–H and O–H groups in total. The van der Waals surface area contributed by atoms with E-state index in [1.165, 1.54) is 6.92 Å². The van der Waals surface area contributed by atoms with E-state index in [1.807, 2.05) is 13.0 Å². The Balaban J connectivity index is 4.86. The van der Waals surface area contributed by atoms with Gasteiger partial charge in [0, 0.05) is 0 Å². The SMILES string of the molecule is C=CC(=O)N(F)/C(C)=C/C=C(/CCCC)C(=C)C. The number of carbonyl (C=O) groups excluding carboxylic acids is 1. The Morgan fingerprint density at radius 3 is 2.39 bits per heavy atom. The van der Waals surface area contributed by atoms with Crippen molar-refractivity contribution in [3.05, 3.63) is 48.2 Å². The number of rotatable bonds is 7. The van der Waals surface area contributed by atoms with Crippen LogP contribution < -0.4 is 0 Å². The van der Waals surface area contributed by atoms with Gasteiger partial charge >= 0.3 is 0 Å². The average molecular weight is 251 g/mol. The second-order valence-corrected chi connectivity index (χ2v) is 4.21. The summed E-state index contributed by atoms with van der Waals surface area (Å²) in [6.07, 6.45) is 7.42. The Kier molecular flexibility index (Phi) is 7.68. The first-order valence-electron chi connectivity index (χ1n) is 6.09. The smallest absolute Gasteiger partial charge is 0.267 e. The van der Waals surface area contributed by atoms with Crippen molar-refractivity contribution in [1.29, 1.82) is 0 Å². The molecule has 0 atom stereocenters. The molecule has 0 unspecified atom stereocenters. The van der Waals surface area contributed by atoms with E-state index in [2.05, 4.69) is 20.1 Å². The first kappa shape index (κ1) is 16.4. The van der Waals surface area contributed by atoms with Gasteiger partial charge in [0.05, 0.1) is 5.70 Å². The van der Waals surface area contributed by atoms with Crippen molar-refractivity contribution >= 4 is 5.91 Å². The lowest BCUT2D eigenvalue weighted by atomic mass is 10.0. The van der Waals surface area contributed by atoms with E-state index in [9.17, 15) is 9.28 Å². The number of amides is 1. The molecule has 3 heteroatoms. The molecule has 0 aliphatic carbocycles. The van der Waals surface area contributed by atoms with Crippen LogP contribution in [0.15, 0.2) is 48.2 Å². The number of halogens is 1. The van der Waals surface area contributed by atoms with Crippen LogP contribution >= 0.6 is 0 Å². The van der Waals surface area contributed by atoms with Crippen LogP contribution in [0.4, 0.5) is 4.48 Å². The molecule has 0 saturated carbocycles. The highest BCUT2D eigenvalue weighted by atomic mass is 19.2. The third kappa shape index (κ3) is 5.62. The van der Waals surface area contributed by atoms with Gasteiger partial charge in [-0.3, -0.25) is 4.79 Å². The van der Waals surface area contributed by atoms with E-state index in [4.69, 9.17) is 0 Å². The van der Waals surface area contributed by atoms with Gasteiger partial charge in [0.15, 0.2) is 0 Å². The maximum Gasteiger partial charge on any atom is 0.278 e. The summed E-state index contributed by atoms with van der Waals surface area (Å²) >= 11 is 0. The molecule has 0 radical (unpaired) electrons. The van der Waals surface area contributed by atoms with Gasteiger partial charge in [-0.1, -0.05) is 42.6 Å². The Bertz CT molecular complexity index is 380. The first-order valence-corrected chi connectivity index (χ1v) is 6.09. The van der Waals surface area contributed by atoms with Crippen molar-refractivity contribution in [3.63, 3.8) is 0 Å². The summed E-state index contributed by atoms with van der Waals surface area (Å²) in [7, 11) is 0. The van der Waals surface area contributed by atoms with Crippen molar-refractivity contribution < 1.29 is 9.28 Å². The summed E-state index contributed by atoms with van der Waals surface area (Å²) in [4.78, 5) is 11.1. The molecule has 0 saturated heterocycles. The number of hydrogen-bond acceptors (Lipinski definition) is 1. The minimum Gasteiger partial charge on any atom is -0.267 e. The average Bonchev–Trinajstić information content (AvgIpc) is 2.36. The molecular formula is C15H22FNO.